The fraction of sp³-hybridized carbons (Fsp3) is 0.300. The van der Waals surface area contributed by atoms with Crippen LogP contribution in [0.2, 0.25) is 0 Å². The Bertz CT molecular complexity index is 592. The molecule has 18 heavy (non-hydrogen) atoms. The molecular weight excluding hydrogens is 251 g/mol. The van der Waals surface area contributed by atoms with Gasteiger partial charge in [-0.3, -0.25) is 0 Å². The number of ether oxygens (including phenoxy) is 1. The van der Waals surface area contributed by atoms with Crippen molar-refractivity contribution in [1.29, 1.82) is 0 Å². The normalized spacial score (nSPS) is 11.8. The lowest BCUT2D eigenvalue weighted by molar-refractivity contribution is -0.137. The van der Waals surface area contributed by atoms with Crippen molar-refractivity contribution in [2.45, 2.75) is 13.1 Å². The van der Waals surface area contributed by atoms with Crippen molar-refractivity contribution in [2.75, 3.05) is 6.61 Å². The zero-order valence-electron chi connectivity index (χ0n) is 9.23. The first-order valence-electron chi connectivity index (χ1n) is 5.02. The van der Waals surface area contributed by atoms with Crippen LogP contribution in [-0.4, -0.2) is 27.2 Å². The molecule has 0 amide bonds. The van der Waals surface area contributed by atoms with E-state index in [9.17, 15) is 18.0 Å². The number of hydrogen-bond donors (Lipinski definition) is 0. The number of rotatable bonds is 2. The van der Waals surface area contributed by atoms with E-state index in [1.807, 2.05) is 0 Å². The van der Waals surface area contributed by atoms with Gasteiger partial charge in [-0.2, -0.15) is 13.2 Å². The Morgan fingerprint density at radius 1 is 1.50 bits per heavy atom. The van der Waals surface area contributed by atoms with E-state index in [1.54, 1.807) is 6.92 Å². The third kappa shape index (κ3) is 2.27. The van der Waals surface area contributed by atoms with Crippen LogP contribution < -0.4 is 0 Å². The lowest BCUT2D eigenvalue weighted by Gasteiger charge is -2.05. The quantitative estimate of drug-likeness (QED) is 0.773. The molecule has 0 radical (unpaired) electrons. The van der Waals surface area contributed by atoms with Gasteiger partial charge in [-0.25, -0.2) is 14.3 Å². The predicted molar refractivity (Wildman–Crippen MR) is 53.9 cm³/mol. The van der Waals surface area contributed by atoms with E-state index < -0.39 is 17.7 Å². The second kappa shape index (κ2) is 4.28. The summed E-state index contributed by atoms with van der Waals surface area (Å²) in [6.07, 6.45) is -3.37. The van der Waals surface area contributed by atoms with Crippen LogP contribution in [0.15, 0.2) is 18.3 Å². The van der Waals surface area contributed by atoms with Crippen LogP contribution in [0, 0.1) is 0 Å². The monoisotopic (exact) mass is 259 g/mol. The second-order valence-corrected chi connectivity index (χ2v) is 3.37. The van der Waals surface area contributed by atoms with Gasteiger partial charge in [-0.1, -0.05) is 0 Å². The average Bonchev–Trinajstić information content (AvgIpc) is 2.70. The standard InChI is InChI=1S/C10H8F3N3O2/c1-2-18-9(17)8-14-7-5-6(10(11,12)13)3-4-16(7)15-8/h3-5H,2H2,1H3. The summed E-state index contributed by atoms with van der Waals surface area (Å²) in [4.78, 5) is 15.0. The van der Waals surface area contributed by atoms with Gasteiger partial charge >= 0.3 is 12.1 Å². The van der Waals surface area contributed by atoms with Crippen LogP contribution in [0.5, 0.6) is 0 Å². The highest BCUT2D eigenvalue weighted by atomic mass is 19.4. The van der Waals surface area contributed by atoms with Gasteiger partial charge < -0.3 is 4.74 Å². The molecule has 0 atom stereocenters. The first-order chi connectivity index (χ1) is 8.41. The number of aromatic nitrogens is 3. The topological polar surface area (TPSA) is 56.5 Å². The summed E-state index contributed by atoms with van der Waals surface area (Å²) in [5, 5.41) is 3.72. The molecule has 0 aliphatic carbocycles. The van der Waals surface area contributed by atoms with E-state index in [0.29, 0.717) is 0 Å². The first kappa shape index (κ1) is 12.3. The lowest BCUT2D eigenvalue weighted by atomic mass is 10.2. The van der Waals surface area contributed by atoms with Gasteiger partial charge in [0, 0.05) is 6.20 Å². The second-order valence-electron chi connectivity index (χ2n) is 3.37. The van der Waals surface area contributed by atoms with Crippen molar-refractivity contribution in [3.8, 4) is 0 Å². The van der Waals surface area contributed by atoms with E-state index >= 15 is 0 Å². The van der Waals surface area contributed by atoms with Gasteiger partial charge in [0.05, 0.1) is 12.2 Å². The van der Waals surface area contributed by atoms with Crippen molar-refractivity contribution in [3.63, 3.8) is 0 Å². The lowest BCUT2D eigenvalue weighted by Crippen LogP contribution is -2.06. The summed E-state index contributed by atoms with van der Waals surface area (Å²) in [6.45, 7) is 1.75. The highest BCUT2D eigenvalue weighted by Gasteiger charge is 2.31. The molecule has 0 saturated carbocycles. The van der Waals surface area contributed by atoms with Gasteiger partial charge in [-0.05, 0) is 19.1 Å². The summed E-state index contributed by atoms with van der Waals surface area (Å²) >= 11 is 0. The van der Waals surface area contributed by atoms with E-state index in [4.69, 9.17) is 0 Å². The number of nitrogens with zero attached hydrogens (tertiary/aromatic N) is 3. The maximum absolute atomic E-state index is 12.5. The molecule has 0 aliphatic heterocycles. The Labute approximate surface area is 99.2 Å². The summed E-state index contributed by atoms with van der Waals surface area (Å²) in [6, 6.07) is 1.67. The van der Waals surface area contributed by atoms with Crippen LogP contribution in [0.1, 0.15) is 23.1 Å². The van der Waals surface area contributed by atoms with Gasteiger partial charge in [0.25, 0.3) is 5.82 Å². The van der Waals surface area contributed by atoms with E-state index in [1.165, 1.54) is 0 Å². The number of carbonyl (C=O) groups excluding carboxylic acids is 1. The van der Waals surface area contributed by atoms with Crippen LogP contribution in [0.3, 0.4) is 0 Å². The maximum Gasteiger partial charge on any atom is 0.416 e. The summed E-state index contributed by atoms with van der Waals surface area (Å²) in [5.74, 6) is -1.04. The fourth-order valence-electron chi connectivity index (χ4n) is 1.34. The number of esters is 1. The average molecular weight is 259 g/mol. The molecule has 2 rings (SSSR count). The Morgan fingerprint density at radius 2 is 2.22 bits per heavy atom. The third-order valence-electron chi connectivity index (χ3n) is 2.12. The number of hydrogen-bond acceptors (Lipinski definition) is 4. The van der Waals surface area contributed by atoms with Gasteiger partial charge in [0.15, 0.2) is 5.65 Å². The molecule has 2 heterocycles. The van der Waals surface area contributed by atoms with E-state index in [-0.39, 0.29) is 18.1 Å². The zero-order valence-corrected chi connectivity index (χ0v) is 9.23. The smallest absolute Gasteiger partial charge is 0.416 e. The molecule has 0 unspecified atom stereocenters. The Hall–Kier alpha value is -2.12. The Balaban J connectivity index is 2.43. The minimum Gasteiger partial charge on any atom is -0.460 e. The summed E-state index contributed by atoms with van der Waals surface area (Å²) in [5.41, 5.74) is -0.911. The number of pyridine rings is 1. The van der Waals surface area contributed by atoms with Gasteiger partial charge in [0.2, 0.25) is 0 Å². The zero-order chi connectivity index (χ0) is 13.3. The molecule has 0 N–H and O–H groups in total. The summed E-state index contributed by atoms with van der Waals surface area (Å²) in [7, 11) is 0. The van der Waals surface area contributed by atoms with Crippen molar-refractivity contribution in [2.24, 2.45) is 0 Å². The molecule has 0 saturated heterocycles. The minimum absolute atomic E-state index is 0.0621. The van der Waals surface area contributed by atoms with Gasteiger partial charge in [-0.15, -0.1) is 5.10 Å². The molecule has 0 bridgehead atoms. The largest absolute Gasteiger partial charge is 0.460 e. The molecule has 0 fully saturated rings. The van der Waals surface area contributed by atoms with Gasteiger partial charge in [0.1, 0.15) is 0 Å². The number of halogens is 3. The third-order valence-corrected chi connectivity index (χ3v) is 2.12. The van der Waals surface area contributed by atoms with Crippen LogP contribution >= 0.6 is 0 Å². The molecular formula is C10H8F3N3O2. The fourth-order valence-corrected chi connectivity index (χ4v) is 1.34. The number of carbonyl (C=O) groups is 1. The number of alkyl halides is 3. The maximum atomic E-state index is 12.5. The predicted octanol–water partition coefficient (Wildman–Crippen LogP) is 1.92. The number of fused-ring (bicyclic) bond motifs is 1. The van der Waals surface area contributed by atoms with Crippen molar-refractivity contribution >= 4 is 11.6 Å². The minimum atomic E-state index is -4.46. The Kier molecular flexibility index (Phi) is 2.93. The van der Waals surface area contributed by atoms with Crippen LogP contribution in [-0.2, 0) is 10.9 Å². The molecule has 2 aromatic rings. The molecule has 2 aromatic heterocycles. The Morgan fingerprint density at radius 3 is 2.83 bits per heavy atom. The molecule has 5 nitrogen and oxygen atoms in total. The molecule has 0 aromatic carbocycles. The van der Waals surface area contributed by atoms with Crippen molar-refractivity contribution in [3.05, 3.63) is 29.7 Å². The highest BCUT2D eigenvalue weighted by Crippen LogP contribution is 2.29. The first-order valence-corrected chi connectivity index (χ1v) is 5.02. The molecule has 96 valence electrons. The van der Waals surface area contributed by atoms with Crippen LogP contribution in [0.25, 0.3) is 5.65 Å². The summed E-state index contributed by atoms with van der Waals surface area (Å²) < 4.78 is 43.1. The molecule has 0 spiro atoms. The highest BCUT2D eigenvalue weighted by molar-refractivity contribution is 5.85. The van der Waals surface area contributed by atoms with E-state index in [2.05, 4.69) is 14.8 Å². The van der Waals surface area contributed by atoms with E-state index in [0.717, 1.165) is 22.8 Å². The molecule has 8 heteroatoms. The van der Waals surface area contributed by atoms with Crippen molar-refractivity contribution in [1.82, 2.24) is 14.6 Å². The van der Waals surface area contributed by atoms with Crippen molar-refractivity contribution < 1.29 is 22.7 Å². The van der Waals surface area contributed by atoms with Crippen LogP contribution in [0.4, 0.5) is 13.2 Å². The SMILES string of the molecule is CCOC(=O)c1nc2cc(C(F)(F)F)ccn2n1. The molecule has 0 aliphatic rings.